The number of benzene rings is 1. The first-order chi connectivity index (χ1) is 9.00. The molecule has 0 aliphatic heterocycles. The molecule has 0 aromatic heterocycles. The standard InChI is InChI=1S/C16H23NO2/c1-4-14(18)13-8-5-6-9-15(13)19-11-7-10-16(2,3)12-17/h5-6,8-9,14,18H,4,7,10-11H2,1-3H3. The minimum absolute atomic E-state index is 0.300. The van der Waals surface area contributed by atoms with Crippen LogP contribution in [0, 0.1) is 16.7 Å². The van der Waals surface area contributed by atoms with Crippen molar-refractivity contribution in [3.8, 4) is 11.8 Å². The molecule has 19 heavy (non-hydrogen) atoms. The zero-order valence-corrected chi connectivity index (χ0v) is 12.0. The zero-order valence-electron chi connectivity index (χ0n) is 12.0. The van der Waals surface area contributed by atoms with E-state index >= 15 is 0 Å². The Morgan fingerprint density at radius 1 is 1.37 bits per heavy atom. The summed E-state index contributed by atoms with van der Waals surface area (Å²) >= 11 is 0. The maximum atomic E-state index is 9.91. The van der Waals surface area contributed by atoms with E-state index < -0.39 is 6.10 Å². The minimum atomic E-state index is -0.480. The van der Waals surface area contributed by atoms with Crippen molar-refractivity contribution >= 4 is 0 Å². The van der Waals surface area contributed by atoms with Gasteiger partial charge in [-0.15, -0.1) is 0 Å². The lowest BCUT2D eigenvalue weighted by molar-refractivity contribution is 0.166. The van der Waals surface area contributed by atoms with Gasteiger partial charge in [0.2, 0.25) is 0 Å². The molecule has 0 heterocycles. The van der Waals surface area contributed by atoms with Gasteiger partial charge in [0.25, 0.3) is 0 Å². The van der Waals surface area contributed by atoms with Crippen molar-refractivity contribution < 1.29 is 9.84 Å². The van der Waals surface area contributed by atoms with Crippen LogP contribution in [0.3, 0.4) is 0 Å². The summed E-state index contributed by atoms with van der Waals surface area (Å²) in [6.07, 6.45) is 1.83. The van der Waals surface area contributed by atoms with Crippen LogP contribution in [0.15, 0.2) is 24.3 Å². The number of ether oxygens (including phenoxy) is 1. The summed E-state index contributed by atoms with van der Waals surface area (Å²) in [6, 6.07) is 9.86. The normalized spacial score (nSPS) is 12.8. The fourth-order valence-electron chi connectivity index (χ4n) is 1.86. The predicted molar refractivity (Wildman–Crippen MR) is 75.8 cm³/mol. The third-order valence-corrected chi connectivity index (χ3v) is 3.17. The Hall–Kier alpha value is -1.53. The van der Waals surface area contributed by atoms with Crippen molar-refractivity contribution in [3.05, 3.63) is 29.8 Å². The molecule has 0 spiro atoms. The molecule has 0 aliphatic carbocycles. The summed E-state index contributed by atoms with van der Waals surface area (Å²) in [5.41, 5.74) is 0.538. The highest BCUT2D eigenvalue weighted by molar-refractivity contribution is 5.34. The minimum Gasteiger partial charge on any atom is -0.493 e. The molecule has 1 atom stereocenters. The fourth-order valence-corrected chi connectivity index (χ4v) is 1.86. The van der Waals surface area contributed by atoms with E-state index in [4.69, 9.17) is 10.00 Å². The Kier molecular flexibility index (Phi) is 5.85. The molecule has 0 bridgehead atoms. The first-order valence-corrected chi connectivity index (χ1v) is 6.81. The number of nitriles is 1. The summed E-state index contributed by atoms with van der Waals surface area (Å²) < 4.78 is 5.73. The highest BCUT2D eigenvalue weighted by Crippen LogP contribution is 2.27. The van der Waals surface area contributed by atoms with E-state index in [0.29, 0.717) is 13.0 Å². The number of para-hydroxylation sites is 1. The van der Waals surface area contributed by atoms with Crippen molar-refractivity contribution in [2.45, 2.75) is 46.1 Å². The van der Waals surface area contributed by atoms with Gasteiger partial charge in [-0.05, 0) is 39.2 Å². The van der Waals surface area contributed by atoms with Gasteiger partial charge in [0.05, 0.1) is 24.2 Å². The SMILES string of the molecule is CCC(O)c1ccccc1OCCCC(C)(C)C#N. The van der Waals surface area contributed by atoms with Crippen LogP contribution in [0.4, 0.5) is 0 Å². The van der Waals surface area contributed by atoms with Crippen molar-refractivity contribution in [3.63, 3.8) is 0 Å². The van der Waals surface area contributed by atoms with Gasteiger partial charge in [0.1, 0.15) is 5.75 Å². The maximum Gasteiger partial charge on any atom is 0.125 e. The third-order valence-electron chi connectivity index (χ3n) is 3.17. The molecule has 0 amide bonds. The van der Waals surface area contributed by atoms with E-state index in [1.807, 2.05) is 45.0 Å². The molecule has 3 heteroatoms. The lowest BCUT2D eigenvalue weighted by Crippen LogP contribution is -2.10. The summed E-state index contributed by atoms with van der Waals surface area (Å²) in [5, 5.41) is 18.8. The average Bonchev–Trinajstić information content (AvgIpc) is 2.43. The molecule has 1 rings (SSSR count). The topological polar surface area (TPSA) is 53.2 Å². The van der Waals surface area contributed by atoms with Crippen LogP contribution in [0.2, 0.25) is 0 Å². The molecule has 1 aromatic rings. The van der Waals surface area contributed by atoms with Gasteiger partial charge in [0.15, 0.2) is 0 Å². The first kappa shape index (κ1) is 15.5. The molecular weight excluding hydrogens is 238 g/mol. The van der Waals surface area contributed by atoms with Gasteiger partial charge in [-0.2, -0.15) is 5.26 Å². The van der Waals surface area contributed by atoms with E-state index in [2.05, 4.69) is 6.07 Å². The predicted octanol–water partition coefficient (Wildman–Crippen LogP) is 3.84. The van der Waals surface area contributed by atoms with E-state index in [9.17, 15) is 5.11 Å². The Balaban J connectivity index is 2.52. The number of aliphatic hydroxyl groups excluding tert-OH is 1. The van der Waals surface area contributed by atoms with Crippen molar-refractivity contribution in [1.82, 2.24) is 0 Å². The smallest absolute Gasteiger partial charge is 0.125 e. The molecule has 104 valence electrons. The molecule has 3 nitrogen and oxygen atoms in total. The van der Waals surface area contributed by atoms with Crippen molar-refractivity contribution in [1.29, 1.82) is 5.26 Å². The molecule has 0 saturated heterocycles. The zero-order chi connectivity index (χ0) is 14.3. The van der Waals surface area contributed by atoms with E-state index in [1.165, 1.54) is 0 Å². The molecule has 0 fully saturated rings. The highest BCUT2D eigenvalue weighted by Gasteiger charge is 2.16. The summed E-state index contributed by atoms with van der Waals surface area (Å²) in [5.74, 6) is 0.742. The van der Waals surface area contributed by atoms with Crippen LogP contribution < -0.4 is 4.74 Å². The van der Waals surface area contributed by atoms with Crippen LogP contribution in [0.1, 0.15) is 51.7 Å². The summed E-state index contributed by atoms with van der Waals surface area (Å²) in [7, 11) is 0. The molecule has 1 unspecified atom stereocenters. The highest BCUT2D eigenvalue weighted by atomic mass is 16.5. The second kappa shape index (κ2) is 7.16. The first-order valence-electron chi connectivity index (χ1n) is 6.81. The molecule has 0 saturated carbocycles. The molecule has 1 N–H and O–H groups in total. The lowest BCUT2D eigenvalue weighted by Gasteiger charge is -2.17. The van der Waals surface area contributed by atoms with Crippen LogP contribution in [0.25, 0.3) is 0 Å². The van der Waals surface area contributed by atoms with E-state index in [-0.39, 0.29) is 5.41 Å². The van der Waals surface area contributed by atoms with Crippen LogP contribution in [-0.4, -0.2) is 11.7 Å². The second-order valence-corrected chi connectivity index (χ2v) is 5.41. The lowest BCUT2D eigenvalue weighted by atomic mass is 9.90. The van der Waals surface area contributed by atoms with E-state index in [0.717, 1.165) is 24.2 Å². The number of hydrogen-bond acceptors (Lipinski definition) is 3. The number of aliphatic hydroxyl groups is 1. The Morgan fingerprint density at radius 3 is 2.68 bits per heavy atom. The fraction of sp³-hybridized carbons (Fsp3) is 0.562. The van der Waals surface area contributed by atoms with Gasteiger partial charge in [0, 0.05) is 5.56 Å². The number of hydrogen-bond donors (Lipinski definition) is 1. The average molecular weight is 261 g/mol. The summed E-state index contributed by atoms with van der Waals surface area (Å²) in [4.78, 5) is 0. The van der Waals surface area contributed by atoms with E-state index in [1.54, 1.807) is 0 Å². The molecule has 0 radical (unpaired) electrons. The van der Waals surface area contributed by atoms with Gasteiger partial charge in [-0.3, -0.25) is 0 Å². The largest absolute Gasteiger partial charge is 0.493 e. The van der Waals surface area contributed by atoms with Crippen LogP contribution in [0.5, 0.6) is 5.75 Å². The Bertz CT molecular complexity index is 435. The van der Waals surface area contributed by atoms with Gasteiger partial charge < -0.3 is 9.84 Å². The maximum absolute atomic E-state index is 9.91. The Labute approximate surface area is 115 Å². The quantitative estimate of drug-likeness (QED) is 0.759. The molecular formula is C16H23NO2. The number of nitrogens with zero attached hydrogens (tertiary/aromatic N) is 1. The Morgan fingerprint density at radius 2 is 2.05 bits per heavy atom. The molecule has 1 aromatic carbocycles. The van der Waals surface area contributed by atoms with Crippen LogP contribution in [-0.2, 0) is 0 Å². The van der Waals surface area contributed by atoms with Gasteiger partial charge in [-0.1, -0.05) is 25.1 Å². The van der Waals surface area contributed by atoms with Crippen molar-refractivity contribution in [2.75, 3.05) is 6.61 Å². The van der Waals surface area contributed by atoms with Crippen molar-refractivity contribution in [2.24, 2.45) is 5.41 Å². The summed E-state index contributed by atoms with van der Waals surface area (Å²) in [6.45, 7) is 6.37. The number of rotatable bonds is 7. The monoisotopic (exact) mass is 261 g/mol. The second-order valence-electron chi connectivity index (χ2n) is 5.41. The van der Waals surface area contributed by atoms with Gasteiger partial charge in [-0.25, -0.2) is 0 Å². The third kappa shape index (κ3) is 4.92. The molecule has 0 aliphatic rings. The van der Waals surface area contributed by atoms with Gasteiger partial charge >= 0.3 is 0 Å². The van der Waals surface area contributed by atoms with Crippen LogP contribution >= 0.6 is 0 Å².